The van der Waals surface area contributed by atoms with Crippen molar-refractivity contribution in [3.8, 4) is 0 Å². The van der Waals surface area contributed by atoms with Gasteiger partial charge in [-0.05, 0) is 24.7 Å². The smallest absolute Gasteiger partial charge is 0.136 e. The van der Waals surface area contributed by atoms with Crippen molar-refractivity contribution in [2.75, 3.05) is 0 Å². The molecule has 2 aliphatic carbocycles. The zero-order valence-electron chi connectivity index (χ0n) is 5.81. The molecule has 0 bridgehead atoms. The maximum atomic E-state index is 11.0. The van der Waals surface area contributed by atoms with Gasteiger partial charge in [0.25, 0.3) is 0 Å². The number of ketones is 1. The summed E-state index contributed by atoms with van der Waals surface area (Å²) in [7, 11) is 0. The van der Waals surface area contributed by atoms with E-state index in [4.69, 9.17) is 0 Å². The van der Waals surface area contributed by atoms with E-state index < -0.39 is 0 Å². The van der Waals surface area contributed by atoms with Crippen LogP contribution in [0, 0.1) is 11.3 Å². The molecule has 0 saturated heterocycles. The summed E-state index contributed by atoms with van der Waals surface area (Å²) in [6.07, 6.45) is 4.50. The lowest BCUT2D eigenvalue weighted by molar-refractivity contribution is -0.125. The molecular formula is C8H12O. The van der Waals surface area contributed by atoms with Gasteiger partial charge in [0.05, 0.1) is 0 Å². The van der Waals surface area contributed by atoms with E-state index >= 15 is 0 Å². The van der Waals surface area contributed by atoms with E-state index in [0.29, 0.717) is 17.1 Å². The number of carbonyl (C=O) groups is 1. The van der Waals surface area contributed by atoms with Crippen LogP contribution in [0.4, 0.5) is 0 Å². The van der Waals surface area contributed by atoms with Crippen molar-refractivity contribution in [3.05, 3.63) is 0 Å². The molecule has 0 aromatic carbocycles. The van der Waals surface area contributed by atoms with E-state index in [1.807, 2.05) is 0 Å². The van der Waals surface area contributed by atoms with Crippen molar-refractivity contribution < 1.29 is 4.79 Å². The largest absolute Gasteiger partial charge is 0.299 e. The molecule has 2 fully saturated rings. The van der Waals surface area contributed by atoms with Crippen LogP contribution in [-0.4, -0.2) is 5.78 Å². The van der Waals surface area contributed by atoms with Crippen LogP contribution in [0.1, 0.15) is 32.6 Å². The lowest BCUT2D eigenvalue weighted by Crippen LogP contribution is -2.35. The molecule has 0 N–H and O–H groups in total. The van der Waals surface area contributed by atoms with E-state index in [1.165, 1.54) is 12.8 Å². The van der Waals surface area contributed by atoms with Gasteiger partial charge in [-0.2, -0.15) is 0 Å². The number of fused-ring (bicyclic) bond motifs is 1. The molecule has 2 saturated carbocycles. The summed E-state index contributed by atoms with van der Waals surface area (Å²) in [4.78, 5) is 11.0. The fourth-order valence-corrected chi connectivity index (χ4v) is 2.21. The maximum Gasteiger partial charge on any atom is 0.136 e. The highest BCUT2D eigenvalue weighted by Crippen LogP contribution is 2.55. The van der Waals surface area contributed by atoms with Gasteiger partial charge in [-0.1, -0.05) is 6.92 Å². The summed E-state index contributed by atoms with van der Waals surface area (Å²) < 4.78 is 0. The summed E-state index contributed by atoms with van der Waals surface area (Å²) in [6, 6.07) is 0. The second-order valence-electron chi connectivity index (χ2n) is 3.71. The number of carbonyl (C=O) groups excluding carboxylic acids is 1. The topological polar surface area (TPSA) is 17.1 Å². The first-order valence-electron chi connectivity index (χ1n) is 3.75. The van der Waals surface area contributed by atoms with Crippen molar-refractivity contribution in [2.24, 2.45) is 11.3 Å². The molecule has 0 unspecified atom stereocenters. The average Bonchev–Trinajstić information content (AvgIpc) is 1.93. The first-order valence-corrected chi connectivity index (χ1v) is 3.75. The van der Waals surface area contributed by atoms with Crippen LogP contribution in [-0.2, 0) is 4.79 Å². The lowest BCUT2D eigenvalue weighted by Gasteiger charge is -2.40. The quantitative estimate of drug-likeness (QED) is 0.481. The second-order valence-corrected chi connectivity index (χ2v) is 3.71. The molecule has 0 amide bonds. The molecule has 0 radical (unpaired) electrons. The SMILES string of the molecule is C[C@]12CCC(=O)[C@H]1CC2. The molecule has 0 aromatic heterocycles. The molecule has 50 valence electrons. The predicted molar refractivity (Wildman–Crippen MR) is 35.1 cm³/mol. The summed E-state index contributed by atoms with van der Waals surface area (Å²) in [5.74, 6) is 1.00. The van der Waals surface area contributed by atoms with Crippen LogP contribution in [0.3, 0.4) is 0 Å². The molecule has 2 aliphatic rings. The first-order chi connectivity index (χ1) is 4.22. The Balaban J connectivity index is 2.24. The molecule has 1 heteroatoms. The van der Waals surface area contributed by atoms with Crippen LogP contribution in [0.15, 0.2) is 0 Å². The number of hydrogen-bond acceptors (Lipinski definition) is 1. The third-order valence-corrected chi connectivity index (χ3v) is 3.18. The van der Waals surface area contributed by atoms with E-state index in [0.717, 1.165) is 12.8 Å². The fourth-order valence-electron chi connectivity index (χ4n) is 2.21. The van der Waals surface area contributed by atoms with Crippen molar-refractivity contribution >= 4 is 5.78 Å². The van der Waals surface area contributed by atoms with Gasteiger partial charge in [0.1, 0.15) is 5.78 Å². The van der Waals surface area contributed by atoms with Crippen LogP contribution in [0.5, 0.6) is 0 Å². The Morgan fingerprint density at radius 1 is 1.56 bits per heavy atom. The Bertz CT molecular complexity index is 162. The fraction of sp³-hybridized carbons (Fsp3) is 0.875. The van der Waals surface area contributed by atoms with Gasteiger partial charge < -0.3 is 0 Å². The summed E-state index contributed by atoms with van der Waals surface area (Å²) in [5.41, 5.74) is 0.455. The summed E-state index contributed by atoms with van der Waals surface area (Å²) in [6.45, 7) is 2.26. The van der Waals surface area contributed by atoms with Gasteiger partial charge in [-0.25, -0.2) is 0 Å². The van der Waals surface area contributed by atoms with Gasteiger partial charge >= 0.3 is 0 Å². The summed E-state index contributed by atoms with van der Waals surface area (Å²) >= 11 is 0. The van der Waals surface area contributed by atoms with Crippen molar-refractivity contribution in [2.45, 2.75) is 32.6 Å². The second kappa shape index (κ2) is 1.39. The lowest BCUT2D eigenvalue weighted by atomic mass is 9.63. The molecule has 9 heavy (non-hydrogen) atoms. The molecule has 0 aliphatic heterocycles. The normalized spacial score (nSPS) is 48.6. The zero-order valence-corrected chi connectivity index (χ0v) is 5.81. The molecule has 2 rings (SSSR count). The minimum atomic E-state index is 0.455. The standard InChI is InChI=1S/C8H12O/c1-8-4-2-6(8)7(9)3-5-8/h6H,2-5H2,1H3/t6-,8+/m1/s1. The Hall–Kier alpha value is -0.330. The molecular weight excluding hydrogens is 112 g/mol. The van der Waals surface area contributed by atoms with Crippen molar-refractivity contribution in [1.82, 2.24) is 0 Å². The Kier molecular flexibility index (Phi) is 0.842. The molecule has 0 aromatic rings. The third kappa shape index (κ3) is 0.525. The van der Waals surface area contributed by atoms with Crippen LogP contribution in [0.2, 0.25) is 0 Å². The average molecular weight is 124 g/mol. The monoisotopic (exact) mass is 124 g/mol. The van der Waals surface area contributed by atoms with Gasteiger partial charge in [-0.15, -0.1) is 0 Å². The Morgan fingerprint density at radius 2 is 2.33 bits per heavy atom. The molecule has 1 nitrogen and oxygen atoms in total. The Labute approximate surface area is 55.4 Å². The van der Waals surface area contributed by atoms with E-state index in [2.05, 4.69) is 6.92 Å². The van der Waals surface area contributed by atoms with Gasteiger partial charge in [0, 0.05) is 12.3 Å². The first kappa shape index (κ1) is 5.45. The van der Waals surface area contributed by atoms with E-state index in [9.17, 15) is 4.79 Å². The zero-order chi connectivity index (χ0) is 6.48. The molecule has 0 spiro atoms. The van der Waals surface area contributed by atoms with Crippen LogP contribution >= 0.6 is 0 Å². The van der Waals surface area contributed by atoms with Gasteiger partial charge in [0.15, 0.2) is 0 Å². The van der Waals surface area contributed by atoms with E-state index in [-0.39, 0.29) is 0 Å². The number of Topliss-reactive ketones (excluding diaryl/α,β-unsaturated/α-hetero) is 1. The van der Waals surface area contributed by atoms with Gasteiger partial charge in [0.2, 0.25) is 0 Å². The number of rotatable bonds is 0. The highest BCUT2D eigenvalue weighted by atomic mass is 16.1. The minimum Gasteiger partial charge on any atom is -0.299 e. The van der Waals surface area contributed by atoms with Crippen molar-refractivity contribution in [1.29, 1.82) is 0 Å². The highest BCUT2D eigenvalue weighted by Gasteiger charge is 2.50. The third-order valence-electron chi connectivity index (χ3n) is 3.18. The molecule has 2 atom stereocenters. The maximum absolute atomic E-state index is 11.0. The minimum absolute atomic E-state index is 0.455. The number of hydrogen-bond donors (Lipinski definition) is 0. The van der Waals surface area contributed by atoms with Gasteiger partial charge in [-0.3, -0.25) is 4.79 Å². The summed E-state index contributed by atoms with van der Waals surface area (Å²) in [5, 5.41) is 0. The van der Waals surface area contributed by atoms with Crippen molar-refractivity contribution in [3.63, 3.8) is 0 Å². The Morgan fingerprint density at radius 3 is 2.56 bits per heavy atom. The van der Waals surface area contributed by atoms with E-state index in [1.54, 1.807) is 0 Å². The highest BCUT2D eigenvalue weighted by molar-refractivity contribution is 5.85. The van der Waals surface area contributed by atoms with Crippen LogP contribution in [0.25, 0.3) is 0 Å². The van der Waals surface area contributed by atoms with Crippen LogP contribution < -0.4 is 0 Å². The predicted octanol–water partition coefficient (Wildman–Crippen LogP) is 1.77. The molecule has 0 heterocycles.